The summed E-state index contributed by atoms with van der Waals surface area (Å²) in [5.41, 5.74) is 1.05. The van der Waals surface area contributed by atoms with Crippen molar-refractivity contribution in [1.29, 1.82) is 0 Å². The Morgan fingerprint density at radius 1 is 1.30 bits per heavy atom. The molecule has 1 N–H and O–H groups in total. The molecule has 0 atom stereocenters. The number of nitrogens with zero attached hydrogens (tertiary/aromatic N) is 1. The van der Waals surface area contributed by atoms with Gasteiger partial charge in [-0.25, -0.2) is 13.1 Å². The topological polar surface area (TPSA) is 49.4 Å². The number of benzene rings is 1. The van der Waals surface area contributed by atoms with Crippen LogP contribution in [0.3, 0.4) is 0 Å². The van der Waals surface area contributed by atoms with Crippen LogP contribution in [0.1, 0.15) is 18.4 Å². The van der Waals surface area contributed by atoms with Gasteiger partial charge < -0.3 is 0 Å². The van der Waals surface area contributed by atoms with Crippen molar-refractivity contribution in [1.82, 2.24) is 9.62 Å². The quantitative estimate of drug-likeness (QED) is 0.918. The van der Waals surface area contributed by atoms with Crippen LogP contribution in [0.15, 0.2) is 18.2 Å². The van der Waals surface area contributed by atoms with Crippen molar-refractivity contribution < 1.29 is 8.42 Å². The first-order chi connectivity index (χ1) is 9.33. The van der Waals surface area contributed by atoms with E-state index in [1.165, 1.54) is 6.26 Å². The van der Waals surface area contributed by atoms with Crippen molar-refractivity contribution in [2.24, 2.45) is 0 Å². The zero-order valence-electron chi connectivity index (χ0n) is 11.3. The molecule has 7 heteroatoms. The van der Waals surface area contributed by atoms with E-state index in [2.05, 4.69) is 9.62 Å². The molecule has 20 heavy (non-hydrogen) atoms. The predicted octanol–water partition coefficient (Wildman–Crippen LogP) is 2.51. The molecule has 1 aliphatic heterocycles. The second-order valence-corrected chi connectivity index (χ2v) is 7.80. The van der Waals surface area contributed by atoms with Gasteiger partial charge in [0, 0.05) is 35.7 Å². The summed E-state index contributed by atoms with van der Waals surface area (Å²) in [5, 5.41) is 1.31. The first kappa shape index (κ1) is 16.0. The standard InChI is InChI=1S/C13H18Cl2N2O2S/c1-20(18,19)16-12-4-6-17(7-5-12)9-10-2-3-11(14)8-13(10)15/h2-3,8,12,16H,4-7,9H2,1H3. The summed E-state index contributed by atoms with van der Waals surface area (Å²) in [4.78, 5) is 2.27. The Labute approximate surface area is 130 Å². The normalized spacial score (nSPS) is 18.4. The van der Waals surface area contributed by atoms with E-state index >= 15 is 0 Å². The van der Waals surface area contributed by atoms with E-state index in [-0.39, 0.29) is 6.04 Å². The molecule has 1 aliphatic rings. The Kier molecular flexibility index (Phi) is 5.31. The Bertz CT molecular complexity index is 570. The van der Waals surface area contributed by atoms with Gasteiger partial charge in [0.25, 0.3) is 0 Å². The van der Waals surface area contributed by atoms with Crippen molar-refractivity contribution in [2.75, 3.05) is 19.3 Å². The van der Waals surface area contributed by atoms with Crippen LogP contribution in [-0.4, -0.2) is 38.7 Å². The van der Waals surface area contributed by atoms with Crippen LogP contribution < -0.4 is 4.72 Å². The van der Waals surface area contributed by atoms with E-state index in [1.807, 2.05) is 12.1 Å². The van der Waals surface area contributed by atoms with Gasteiger partial charge in [0.1, 0.15) is 0 Å². The van der Waals surface area contributed by atoms with Crippen molar-refractivity contribution in [3.63, 3.8) is 0 Å². The van der Waals surface area contributed by atoms with E-state index < -0.39 is 10.0 Å². The van der Waals surface area contributed by atoms with Gasteiger partial charge in [0.05, 0.1) is 6.26 Å². The lowest BCUT2D eigenvalue weighted by Crippen LogP contribution is -2.43. The van der Waals surface area contributed by atoms with Crippen molar-refractivity contribution in [3.8, 4) is 0 Å². The molecule has 112 valence electrons. The number of hydrogen-bond acceptors (Lipinski definition) is 3. The SMILES string of the molecule is CS(=O)(=O)NC1CCN(Cc2ccc(Cl)cc2Cl)CC1. The molecule has 2 rings (SSSR count). The molecule has 1 aromatic carbocycles. The molecule has 4 nitrogen and oxygen atoms in total. The highest BCUT2D eigenvalue weighted by Crippen LogP contribution is 2.23. The molecule has 0 amide bonds. The number of nitrogens with one attached hydrogen (secondary N) is 1. The van der Waals surface area contributed by atoms with Crippen LogP contribution in [0.25, 0.3) is 0 Å². The fraction of sp³-hybridized carbons (Fsp3) is 0.538. The number of hydrogen-bond donors (Lipinski definition) is 1. The maximum absolute atomic E-state index is 11.2. The fourth-order valence-corrected chi connectivity index (χ4v) is 3.71. The number of sulfonamides is 1. The lowest BCUT2D eigenvalue weighted by Gasteiger charge is -2.32. The highest BCUT2D eigenvalue weighted by atomic mass is 35.5. The number of rotatable bonds is 4. The van der Waals surface area contributed by atoms with Crippen LogP contribution in [0.2, 0.25) is 10.0 Å². The first-order valence-corrected chi connectivity index (χ1v) is 9.12. The number of piperidine rings is 1. The Morgan fingerprint density at radius 3 is 2.50 bits per heavy atom. The van der Waals surface area contributed by atoms with Crippen LogP contribution in [-0.2, 0) is 16.6 Å². The van der Waals surface area contributed by atoms with Crippen molar-refractivity contribution in [3.05, 3.63) is 33.8 Å². The number of likely N-dealkylation sites (tertiary alicyclic amines) is 1. The molecule has 1 heterocycles. The van der Waals surface area contributed by atoms with Gasteiger partial charge in [-0.3, -0.25) is 4.90 Å². The van der Waals surface area contributed by atoms with Crippen molar-refractivity contribution >= 4 is 33.2 Å². The van der Waals surface area contributed by atoms with E-state index in [0.717, 1.165) is 38.0 Å². The molecule has 0 radical (unpaired) electrons. The average Bonchev–Trinajstić information content (AvgIpc) is 2.33. The van der Waals surface area contributed by atoms with Gasteiger partial charge in [-0.2, -0.15) is 0 Å². The monoisotopic (exact) mass is 336 g/mol. The molecule has 0 aliphatic carbocycles. The third kappa shape index (κ3) is 4.90. The minimum atomic E-state index is -3.12. The summed E-state index contributed by atoms with van der Waals surface area (Å²) >= 11 is 12.0. The molecule has 0 aromatic heterocycles. The molecular weight excluding hydrogens is 319 g/mol. The molecule has 1 aromatic rings. The van der Waals surface area contributed by atoms with Crippen LogP contribution in [0, 0.1) is 0 Å². The highest BCUT2D eigenvalue weighted by molar-refractivity contribution is 7.88. The summed E-state index contributed by atoms with van der Waals surface area (Å²) in [6.45, 7) is 2.47. The summed E-state index contributed by atoms with van der Waals surface area (Å²) < 4.78 is 25.1. The van der Waals surface area contributed by atoms with Gasteiger partial charge in [-0.05, 0) is 30.5 Å². The fourth-order valence-electron chi connectivity index (χ4n) is 2.40. The van der Waals surface area contributed by atoms with E-state index in [9.17, 15) is 8.42 Å². The van der Waals surface area contributed by atoms with Gasteiger partial charge in [0.15, 0.2) is 0 Å². The van der Waals surface area contributed by atoms with Crippen LogP contribution in [0.4, 0.5) is 0 Å². The summed E-state index contributed by atoms with van der Waals surface area (Å²) in [6.07, 6.45) is 2.84. The molecule has 0 spiro atoms. The number of halogens is 2. The Hall–Kier alpha value is -0.330. The second-order valence-electron chi connectivity index (χ2n) is 5.18. The van der Waals surface area contributed by atoms with Gasteiger partial charge >= 0.3 is 0 Å². The van der Waals surface area contributed by atoms with Crippen LogP contribution in [0.5, 0.6) is 0 Å². The Morgan fingerprint density at radius 2 is 1.95 bits per heavy atom. The van der Waals surface area contributed by atoms with Gasteiger partial charge in [-0.1, -0.05) is 29.3 Å². The first-order valence-electron chi connectivity index (χ1n) is 6.47. The molecular formula is C13H18Cl2N2O2S. The van der Waals surface area contributed by atoms with Gasteiger partial charge in [-0.15, -0.1) is 0 Å². The minimum absolute atomic E-state index is 0.0435. The van der Waals surface area contributed by atoms with Crippen LogP contribution >= 0.6 is 23.2 Å². The maximum Gasteiger partial charge on any atom is 0.208 e. The maximum atomic E-state index is 11.2. The smallest absolute Gasteiger partial charge is 0.208 e. The average molecular weight is 337 g/mol. The highest BCUT2D eigenvalue weighted by Gasteiger charge is 2.21. The van der Waals surface area contributed by atoms with Crippen molar-refractivity contribution in [2.45, 2.75) is 25.4 Å². The molecule has 1 saturated heterocycles. The zero-order valence-corrected chi connectivity index (χ0v) is 13.6. The second kappa shape index (κ2) is 6.62. The largest absolute Gasteiger partial charge is 0.299 e. The molecule has 1 fully saturated rings. The summed E-state index contributed by atoms with van der Waals surface area (Å²) in [5.74, 6) is 0. The van der Waals surface area contributed by atoms with E-state index in [1.54, 1.807) is 6.07 Å². The van der Waals surface area contributed by atoms with Gasteiger partial charge in [0.2, 0.25) is 10.0 Å². The summed E-state index contributed by atoms with van der Waals surface area (Å²) in [6, 6.07) is 5.56. The third-order valence-electron chi connectivity index (χ3n) is 3.38. The van der Waals surface area contributed by atoms with E-state index in [4.69, 9.17) is 23.2 Å². The minimum Gasteiger partial charge on any atom is -0.299 e. The summed E-state index contributed by atoms with van der Waals surface area (Å²) in [7, 11) is -3.12. The molecule has 0 saturated carbocycles. The zero-order chi connectivity index (χ0) is 14.8. The predicted molar refractivity (Wildman–Crippen MR) is 82.7 cm³/mol. The third-order valence-corrected chi connectivity index (χ3v) is 4.73. The lowest BCUT2D eigenvalue weighted by atomic mass is 10.1. The Balaban J connectivity index is 1.88. The molecule has 0 unspecified atom stereocenters. The molecule has 0 bridgehead atoms. The van der Waals surface area contributed by atoms with E-state index in [0.29, 0.717) is 10.0 Å². The lowest BCUT2D eigenvalue weighted by molar-refractivity contribution is 0.200.